The number of amides is 2. The van der Waals surface area contributed by atoms with Gasteiger partial charge in [0, 0.05) is 13.1 Å². The zero-order valence-corrected chi connectivity index (χ0v) is 23.1. The number of nitrogens with one attached hydrogen (secondary N) is 1. The van der Waals surface area contributed by atoms with E-state index in [0.29, 0.717) is 34.7 Å². The van der Waals surface area contributed by atoms with Crippen LogP contribution in [-0.4, -0.2) is 57.6 Å². The number of carbonyl (C=O) groups excluding carboxylic acids is 2. The summed E-state index contributed by atoms with van der Waals surface area (Å²) in [6.07, 6.45) is -3.14. The number of sulfonamides is 1. The summed E-state index contributed by atoms with van der Waals surface area (Å²) in [7, 11) is -2.77. The summed E-state index contributed by atoms with van der Waals surface area (Å²) in [6.45, 7) is 3.00. The molecular formula is C25H31ClF3N3O5S. The van der Waals surface area contributed by atoms with Gasteiger partial charge in [-0.3, -0.25) is 13.9 Å². The lowest BCUT2D eigenvalue weighted by Gasteiger charge is -2.33. The van der Waals surface area contributed by atoms with Gasteiger partial charge in [0.2, 0.25) is 21.8 Å². The minimum absolute atomic E-state index is 0.0607. The van der Waals surface area contributed by atoms with Crippen LogP contribution in [0.4, 0.5) is 18.9 Å². The average molecular weight is 578 g/mol. The van der Waals surface area contributed by atoms with E-state index in [9.17, 15) is 31.2 Å². The second kappa shape index (κ2) is 13.2. The van der Waals surface area contributed by atoms with Crippen LogP contribution < -0.4 is 14.4 Å². The summed E-state index contributed by atoms with van der Waals surface area (Å²) >= 11 is 6.09. The molecule has 1 N–H and O–H groups in total. The highest BCUT2D eigenvalue weighted by molar-refractivity contribution is 7.92. The molecular weight excluding hydrogens is 547 g/mol. The standard InChI is InChI=1S/C25H31ClF3N3O5S/c1-5-13-30-24(34)21(6-2)31(15-17-7-10-19(37-3)11-8-17)23(33)16-32(38(4,35)36)22-14-18(25(27,28)29)9-12-20(22)26/h7-12,14,21H,5-6,13,15-16H2,1-4H3,(H,30,34)/t21-/m1/s1. The van der Waals surface area contributed by atoms with E-state index in [1.807, 2.05) is 6.92 Å². The number of rotatable bonds is 12. The maximum atomic E-state index is 13.6. The zero-order valence-electron chi connectivity index (χ0n) is 21.5. The fourth-order valence-corrected chi connectivity index (χ4v) is 4.81. The van der Waals surface area contributed by atoms with Crippen LogP contribution in [0.25, 0.3) is 0 Å². The SMILES string of the molecule is CCCNC(=O)[C@@H](CC)N(Cc1ccc(OC)cc1)C(=O)CN(c1cc(C(F)(F)F)ccc1Cl)S(C)(=O)=O. The van der Waals surface area contributed by atoms with E-state index in [2.05, 4.69) is 5.32 Å². The summed E-state index contributed by atoms with van der Waals surface area (Å²) in [4.78, 5) is 27.8. The minimum Gasteiger partial charge on any atom is -0.497 e. The Kier molecular flexibility index (Phi) is 10.8. The molecule has 0 aliphatic rings. The average Bonchev–Trinajstić information content (AvgIpc) is 2.85. The van der Waals surface area contributed by atoms with Crippen LogP contribution in [0, 0.1) is 0 Å². The zero-order chi connectivity index (χ0) is 28.7. The third-order valence-corrected chi connectivity index (χ3v) is 7.11. The number of ether oxygens (including phenoxy) is 1. The van der Waals surface area contributed by atoms with Gasteiger partial charge in [0.25, 0.3) is 0 Å². The molecule has 0 radical (unpaired) electrons. The fraction of sp³-hybridized carbons (Fsp3) is 0.440. The van der Waals surface area contributed by atoms with Gasteiger partial charge in [-0.1, -0.05) is 37.6 Å². The Bertz CT molecular complexity index is 1220. The maximum absolute atomic E-state index is 13.6. The Morgan fingerprint density at radius 1 is 1.11 bits per heavy atom. The molecule has 0 aromatic heterocycles. The molecule has 2 aromatic carbocycles. The summed E-state index contributed by atoms with van der Waals surface area (Å²) in [5.41, 5.74) is -0.993. The first-order valence-electron chi connectivity index (χ1n) is 11.8. The molecule has 0 aliphatic carbocycles. The molecule has 0 heterocycles. The normalized spacial score (nSPS) is 12.5. The molecule has 210 valence electrons. The quantitative estimate of drug-likeness (QED) is 0.402. The molecule has 0 spiro atoms. The molecule has 2 aromatic rings. The van der Waals surface area contributed by atoms with Crippen LogP contribution >= 0.6 is 11.6 Å². The Morgan fingerprint density at radius 3 is 2.24 bits per heavy atom. The summed E-state index contributed by atoms with van der Waals surface area (Å²) in [5, 5.41) is 2.45. The largest absolute Gasteiger partial charge is 0.497 e. The summed E-state index contributed by atoms with van der Waals surface area (Å²) < 4.78 is 71.0. The van der Waals surface area contributed by atoms with Crippen molar-refractivity contribution in [3.05, 3.63) is 58.6 Å². The van der Waals surface area contributed by atoms with Gasteiger partial charge in [-0.05, 0) is 48.7 Å². The van der Waals surface area contributed by atoms with Gasteiger partial charge < -0.3 is 15.0 Å². The molecule has 1 atom stereocenters. The first-order valence-corrected chi connectivity index (χ1v) is 14.0. The van der Waals surface area contributed by atoms with Gasteiger partial charge in [0.15, 0.2) is 0 Å². The van der Waals surface area contributed by atoms with E-state index in [4.69, 9.17) is 16.3 Å². The molecule has 0 saturated carbocycles. The Hall–Kier alpha value is -2.99. The van der Waals surface area contributed by atoms with Crippen molar-refractivity contribution in [2.75, 3.05) is 30.8 Å². The molecule has 2 rings (SSSR count). The van der Waals surface area contributed by atoms with Gasteiger partial charge in [-0.15, -0.1) is 0 Å². The molecule has 0 fully saturated rings. The van der Waals surface area contributed by atoms with E-state index >= 15 is 0 Å². The maximum Gasteiger partial charge on any atom is 0.416 e. The molecule has 38 heavy (non-hydrogen) atoms. The number of hydrogen-bond donors (Lipinski definition) is 1. The second-order valence-corrected chi connectivity index (χ2v) is 10.8. The van der Waals surface area contributed by atoms with Crippen LogP contribution in [0.1, 0.15) is 37.8 Å². The van der Waals surface area contributed by atoms with Crippen molar-refractivity contribution in [1.82, 2.24) is 10.2 Å². The van der Waals surface area contributed by atoms with Crippen LogP contribution in [0.3, 0.4) is 0 Å². The lowest BCUT2D eigenvalue weighted by Crippen LogP contribution is -2.52. The molecule has 13 heteroatoms. The predicted molar refractivity (Wildman–Crippen MR) is 140 cm³/mol. The third-order valence-electron chi connectivity index (χ3n) is 5.67. The summed E-state index contributed by atoms with van der Waals surface area (Å²) in [5.74, 6) is -0.653. The van der Waals surface area contributed by atoms with Crippen LogP contribution in [-0.2, 0) is 32.3 Å². The molecule has 8 nitrogen and oxygen atoms in total. The third kappa shape index (κ3) is 8.26. The van der Waals surface area contributed by atoms with Gasteiger partial charge >= 0.3 is 6.18 Å². The van der Waals surface area contributed by atoms with Crippen LogP contribution in [0.5, 0.6) is 5.75 Å². The van der Waals surface area contributed by atoms with E-state index in [1.54, 1.807) is 31.2 Å². The van der Waals surface area contributed by atoms with Gasteiger partial charge in [0.1, 0.15) is 18.3 Å². The Labute approximate surface area is 225 Å². The second-order valence-electron chi connectivity index (χ2n) is 8.52. The van der Waals surface area contributed by atoms with E-state index in [-0.39, 0.29) is 18.0 Å². The molecule has 0 bridgehead atoms. The predicted octanol–water partition coefficient (Wildman–Crippen LogP) is 4.47. The molecule has 0 saturated heterocycles. The van der Waals surface area contributed by atoms with Crippen molar-refractivity contribution in [3.63, 3.8) is 0 Å². The molecule has 0 aliphatic heterocycles. The van der Waals surface area contributed by atoms with Crippen molar-refractivity contribution in [2.45, 2.75) is 45.5 Å². The minimum atomic E-state index is -4.77. The number of anilines is 1. The monoisotopic (exact) mass is 577 g/mol. The molecule has 0 unspecified atom stereocenters. The van der Waals surface area contributed by atoms with Crippen molar-refractivity contribution < 1.29 is 35.9 Å². The van der Waals surface area contributed by atoms with Gasteiger partial charge in [0.05, 0.1) is 29.6 Å². The van der Waals surface area contributed by atoms with Crippen molar-refractivity contribution in [1.29, 1.82) is 0 Å². The number of benzene rings is 2. The number of halogens is 4. The lowest BCUT2D eigenvalue weighted by atomic mass is 10.1. The first-order chi connectivity index (χ1) is 17.7. The fourth-order valence-electron chi connectivity index (χ4n) is 3.69. The van der Waals surface area contributed by atoms with Crippen molar-refractivity contribution in [3.8, 4) is 5.75 Å². The highest BCUT2D eigenvalue weighted by Gasteiger charge is 2.35. The number of carbonyl (C=O) groups is 2. The highest BCUT2D eigenvalue weighted by atomic mass is 35.5. The van der Waals surface area contributed by atoms with Crippen molar-refractivity contribution in [2.24, 2.45) is 0 Å². The Morgan fingerprint density at radius 2 is 1.74 bits per heavy atom. The van der Waals surface area contributed by atoms with E-state index < -0.39 is 51.9 Å². The smallest absolute Gasteiger partial charge is 0.416 e. The summed E-state index contributed by atoms with van der Waals surface area (Å²) in [6, 6.07) is 7.97. The number of hydrogen-bond acceptors (Lipinski definition) is 5. The number of alkyl halides is 3. The Balaban J connectivity index is 2.52. The topological polar surface area (TPSA) is 96.0 Å². The van der Waals surface area contributed by atoms with Gasteiger partial charge in [-0.2, -0.15) is 13.2 Å². The van der Waals surface area contributed by atoms with E-state index in [1.165, 1.54) is 12.0 Å². The molecule has 2 amide bonds. The lowest BCUT2D eigenvalue weighted by molar-refractivity contribution is -0.140. The number of nitrogens with zero attached hydrogens (tertiary/aromatic N) is 2. The van der Waals surface area contributed by atoms with Gasteiger partial charge in [-0.25, -0.2) is 8.42 Å². The first kappa shape index (κ1) is 31.2. The number of methoxy groups -OCH3 is 1. The highest BCUT2D eigenvalue weighted by Crippen LogP contribution is 2.36. The van der Waals surface area contributed by atoms with E-state index in [0.717, 1.165) is 18.4 Å². The van der Waals surface area contributed by atoms with Crippen molar-refractivity contribution >= 4 is 39.1 Å². The van der Waals surface area contributed by atoms with Crippen LogP contribution in [0.2, 0.25) is 5.02 Å². The van der Waals surface area contributed by atoms with Crippen LogP contribution in [0.15, 0.2) is 42.5 Å².